The average molecular weight is 287 g/mol. The third-order valence-electron chi connectivity index (χ3n) is 5.13. The van der Waals surface area contributed by atoms with Crippen molar-refractivity contribution in [1.82, 2.24) is 14.8 Å². The van der Waals surface area contributed by atoms with E-state index in [-0.39, 0.29) is 0 Å². The standard InChI is InChI=1S/C17H25N3O/c1-13-5-4-9-18-15(13)12-20-10-8-16-14(11-20)6-3-7-17(21)19(16)2/h4-5,9,14,16H,3,6-8,10-12H2,1-2H3/t14-,16-/m1/s1. The number of carbonyl (C=O) groups is 1. The molecule has 3 heterocycles. The monoisotopic (exact) mass is 287 g/mol. The minimum Gasteiger partial charge on any atom is -0.342 e. The van der Waals surface area contributed by atoms with Crippen molar-refractivity contribution < 1.29 is 4.79 Å². The molecule has 0 N–H and O–H groups in total. The Kier molecular flexibility index (Phi) is 4.24. The number of carbonyl (C=O) groups excluding carboxylic acids is 1. The fourth-order valence-electron chi connectivity index (χ4n) is 3.80. The van der Waals surface area contributed by atoms with Crippen LogP contribution < -0.4 is 0 Å². The van der Waals surface area contributed by atoms with Crippen LogP contribution in [0.1, 0.15) is 36.9 Å². The Hall–Kier alpha value is -1.42. The largest absolute Gasteiger partial charge is 0.342 e. The van der Waals surface area contributed by atoms with Gasteiger partial charge in [0.15, 0.2) is 0 Å². The normalized spacial score (nSPS) is 27.3. The van der Waals surface area contributed by atoms with Crippen LogP contribution in [0.2, 0.25) is 0 Å². The van der Waals surface area contributed by atoms with E-state index in [2.05, 4.69) is 22.9 Å². The van der Waals surface area contributed by atoms with E-state index in [1.165, 1.54) is 17.7 Å². The van der Waals surface area contributed by atoms with Gasteiger partial charge in [0.25, 0.3) is 0 Å². The molecule has 0 unspecified atom stereocenters. The molecule has 2 aliphatic rings. The Morgan fingerprint density at radius 1 is 1.38 bits per heavy atom. The maximum atomic E-state index is 12.0. The van der Waals surface area contributed by atoms with E-state index >= 15 is 0 Å². The molecule has 0 radical (unpaired) electrons. The number of rotatable bonds is 2. The Morgan fingerprint density at radius 3 is 3.05 bits per heavy atom. The molecular weight excluding hydrogens is 262 g/mol. The lowest BCUT2D eigenvalue weighted by Gasteiger charge is -2.41. The van der Waals surface area contributed by atoms with E-state index < -0.39 is 0 Å². The third-order valence-corrected chi connectivity index (χ3v) is 5.13. The molecule has 0 aliphatic carbocycles. The lowest BCUT2D eigenvalue weighted by molar-refractivity contribution is -0.132. The van der Waals surface area contributed by atoms with Crippen molar-refractivity contribution in [2.24, 2.45) is 5.92 Å². The number of piperidine rings is 1. The molecule has 0 spiro atoms. The number of hydrogen-bond acceptors (Lipinski definition) is 3. The van der Waals surface area contributed by atoms with Crippen molar-refractivity contribution in [1.29, 1.82) is 0 Å². The SMILES string of the molecule is Cc1cccnc1CN1CC[C@@H]2[C@H](CCCC(=O)N2C)C1. The number of amides is 1. The minimum absolute atomic E-state index is 0.330. The van der Waals surface area contributed by atoms with Gasteiger partial charge in [-0.15, -0.1) is 0 Å². The van der Waals surface area contributed by atoms with Crippen LogP contribution in [-0.4, -0.2) is 46.9 Å². The molecule has 2 atom stereocenters. The van der Waals surface area contributed by atoms with Gasteiger partial charge in [-0.1, -0.05) is 6.07 Å². The van der Waals surface area contributed by atoms with Crippen molar-refractivity contribution in [3.8, 4) is 0 Å². The summed E-state index contributed by atoms with van der Waals surface area (Å²) in [7, 11) is 1.99. The van der Waals surface area contributed by atoms with Gasteiger partial charge in [-0.2, -0.15) is 0 Å². The van der Waals surface area contributed by atoms with Gasteiger partial charge in [0, 0.05) is 45.3 Å². The van der Waals surface area contributed by atoms with Crippen molar-refractivity contribution >= 4 is 5.91 Å². The quantitative estimate of drug-likeness (QED) is 0.837. The molecule has 1 amide bonds. The predicted molar refractivity (Wildman–Crippen MR) is 82.8 cm³/mol. The van der Waals surface area contributed by atoms with Gasteiger partial charge in [-0.05, 0) is 43.7 Å². The molecule has 2 aliphatic heterocycles. The Labute approximate surface area is 127 Å². The molecule has 4 heteroatoms. The average Bonchev–Trinajstić information content (AvgIpc) is 2.62. The maximum absolute atomic E-state index is 12.0. The van der Waals surface area contributed by atoms with Crippen LogP contribution in [0.3, 0.4) is 0 Å². The summed E-state index contributed by atoms with van der Waals surface area (Å²) >= 11 is 0. The van der Waals surface area contributed by atoms with Crippen LogP contribution in [0.15, 0.2) is 18.3 Å². The highest BCUT2D eigenvalue weighted by Gasteiger charge is 2.35. The highest BCUT2D eigenvalue weighted by Crippen LogP contribution is 2.30. The van der Waals surface area contributed by atoms with Gasteiger partial charge in [0.2, 0.25) is 5.91 Å². The van der Waals surface area contributed by atoms with Crippen molar-refractivity contribution in [3.63, 3.8) is 0 Å². The number of pyridine rings is 1. The summed E-state index contributed by atoms with van der Waals surface area (Å²) in [4.78, 5) is 21.0. The summed E-state index contributed by atoms with van der Waals surface area (Å²) in [6, 6.07) is 4.57. The Balaban J connectivity index is 1.67. The Bertz CT molecular complexity index is 517. The molecule has 0 aromatic carbocycles. The van der Waals surface area contributed by atoms with Gasteiger partial charge in [0.1, 0.15) is 0 Å². The van der Waals surface area contributed by atoms with Crippen molar-refractivity contribution in [3.05, 3.63) is 29.6 Å². The fourth-order valence-corrected chi connectivity index (χ4v) is 3.80. The first kappa shape index (κ1) is 14.5. The minimum atomic E-state index is 0.330. The first-order chi connectivity index (χ1) is 10.1. The van der Waals surface area contributed by atoms with Gasteiger partial charge in [-0.3, -0.25) is 14.7 Å². The summed E-state index contributed by atoms with van der Waals surface area (Å²) in [5.74, 6) is 0.954. The summed E-state index contributed by atoms with van der Waals surface area (Å²) in [6.45, 7) is 5.23. The van der Waals surface area contributed by atoms with Gasteiger partial charge in [0.05, 0.1) is 5.69 Å². The highest BCUT2D eigenvalue weighted by molar-refractivity contribution is 5.76. The zero-order valence-corrected chi connectivity index (χ0v) is 13.1. The van der Waals surface area contributed by atoms with Gasteiger partial charge >= 0.3 is 0 Å². The lowest BCUT2D eigenvalue weighted by atomic mass is 9.88. The third kappa shape index (κ3) is 3.10. The zero-order chi connectivity index (χ0) is 14.8. The summed E-state index contributed by atoms with van der Waals surface area (Å²) < 4.78 is 0. The number of hydrogen-bond donors (Lipinski definition) is 0. The molecule has 2 fully saturated rings. The highest BCUT2D eigenvalue weighted by atomic mass is 16.2. The number of nitrogens with zero attached hydrogens (tertiary/aromatic N) is 3. The predicted octanol–water partition coefficient (Wildman–Crippen LogP) is 2.22. The number of aromatic nitrogens is 1. The van der Waals surface area contributed by atoms with E-state index in [1.54, 1.807) is 0 Å². The smallest absolute Gasteiger partial charge is 0.222 e. The molecular formula is C17H25N3O. The molecule has 0 bridgehead atoms. The van der Waals surface area contributed by atoms with E-state index in [1.807, 2.05) is 24.2 Å². The van der Waals surface area contributed by atoms with Gasteiger partial charge < -0.3 is 4.90 Å². The zero-order valence-electron chi connectivity index (χ0n) is 13.1. The lowest BCUT2D eigenvalue weighted by Crippen LogP contribution is -2.50. The molecule has 114 valence electrons. The second-order valence-electron chi connectivity index (χ2n) is 6.52. The fraction of sp³-hybridized carbons (Fsp3) is 0.647. The number of aryl methyl sites for hydroxylation is 1. The van der Waals surface area contributed by atoms with Crippen LogP contribution in [0.4, 0.5) is 0 Å². The molecule has 0 saturated carbocycles. The van der Waals surface area contributed by atoms with E-state index in [9.17, 15) is 4.79 Å². The van der Waals surface area contributed by atoms with Crippen LogP contribution in [-0.2, 0) is 11.3 Å². The first-order valence-electron chi connectivity index (χ1n) is 8.03. The van der Waals surface area contributed by atoms with E-state index in [0.717, 1.165) is 38.9 Å². The van der Waals surface area contributed by atoms with Crippen LogP contribution in [0.25, 0.3) is 0 Å². The van der Waals surface area contributed by atoms with Crippen LogP contribution in [0.5, 0.6) is 0 Å². The van der Waals surface area contributed by atoms with Crippen molar-refractivity contribution in [2.45, 2.75) is 45.2 Å². The number of fused-ring (bicyclic) bond motifs is 1. The maximum Gasteiger partial charge on any atom is 0.222 e. The summed E-state index contributed by atoms with van der Waals surface area (Å²) in [5.41, 5.74) is 2.46. The van der Waals surface area contributed by atoms with Crippen molar-refractivity contribution in [2.75, 3.05) is 20.1 Å². The van der Waals surface area contributed by atoms with E-state index in [4.69, 9.17) is 0 Å². The molecule has 2 saturated heterocycles. The Morgan fingerprint density at radius 2 is 2.24 bits per heavy atom. The first-order valence-corrected chi connectivity index (χ1v) is 8.03. The molecule has 1 aromatic rings. The van der Waals surface area contributed by atoms with Crippen LogP contribution >= 0.6 is 0 Å². The topological polar surface area (TPSA) is 36.4 Å². The van der Waals surface area contributed by atoms with Crippen LogP contribution in [0, 0.1) is 12.8 Å². The number of likely N-dealkylation sites (tertiary alicyclic amines) is 2. The summed E-state index contributed by atoms with van der Waals surface area (Å²) in [5, 5.41) is 0. The summed E-state index contributed by atoms with van der Waals surface area (Å²) in [6.07, 6.45) is 5.92. The molecule has 21 heavy (non-hydrogen) atoms. The van der Waals surface area contributed by atoms with E-state index in [0.29, 0.717) is 17.9 Å². The molecule has 3 rings (SSSR count). The molecule has 1 aromatic heterocycles. The second kappa shape index (κ2) is 6.14. The molecule has 4 nitrogen and oxygen atoms in total. The second-order valence-corrected chi connectivity index (χ2v) is 6.52. The van der Waals surface area contributed by atoms with Gasteiger partial charge in [-0.25, -0.2) is 0 Å².